The zero-order chi connectivity index (χ0) is 14.9. The maximum absolute atomic E-state index is 12.1. The molecular formula is C14H14N2O4. The quantitative estimate of drug-likeness (QED) is 0.677. The van der Waals surface area contributed by atoms with Gasteiger partial charge in [0.05, 0.1) is 12.7 Å². The molecule has 0 fully saturated rings. The number of benzene rings is 1. The average Bonchev–Trinajstić information content (AvgIpc) is 2.74. The van der Waals surface area contributed by atoms with Gasteiger partial charge in [0.2, 0.25) is 0 Å². The fourth-order valence-corrected chi connectivity index (χ4v) is 1.96. The Morgan fingerprint density at radius 1 is 1.30 bits per heavy atom. The molecule has 6 heteroatoms. The molecule has 0 bridgehead atoms. The molecule has 0 spiro atoms. The number of H-pyrrole nitrogens is 1. The Morgan fingerprint density at radius 3 is 2.60 bits per heavy atom. The Labute approximate surface area is 115 Å². The topological polar surface area (TPSA) is 81.2 Å². The van der Waals surface area contributed by atoms with E-state index in [1.54, 1.807) is 24.3 Å². The number of aryl methyl sites for hydroxylation is 1. The zero-order valence-electron chi connectivity index (χ0n) is 11.4. The second-order valence-corrected chi connectivity index (χ2v) is 4.35. The second-order valence-electron chi connectivity index (χ2n) is 4.35. The molecule has 0 amide bonds. The summed E-state index contributed by atoms with van der Waals surface area (Å²) < 4.78 is 5.85. The Kier molecular flexibility index (Phi) is 3.56. The molecule has 0 aliphatic heterocycles. The molecule has 0 atom stereocenters. The van der Waals surface area contributed by atoms with E-state index in [4.69, 9.17) is 0 Å². The van der Waals surface area contributed by atoms with Gasteiger partial charge in [-0.25, -0.2) is 4.79 Å². The third kappa shape index (κ3) is 2.27. The number of carbonyl (C=O) groups excluding carboxylic acids is 2. The molecule has 6 nitrogen and oxygen atoms in total. The summed E-state index contributed by atoms with van der Waals surface area (Å²) in [6, 6.07) is 6.57. The fraction of sp³-hybridized carbons (Fsp3) is 0.214. The summed E-state index contributed by atoms with van der Waals surface area (Å²) in [7, 11) is 2.75. The number of ether oxygens (including phenoxy) is 1. The summed E-state index contributed by atoms with van der Waals surface area (Å²) in [4.78, 5) is 35.3. The lowest BCUT2D eigenvalue weighted by Crippen LogP contribution is -2.13. The molecule has 0 unspecified atom stereocenters. The molecule has 1 heterocycles. The molecular weight excluding hydrogens is 260 g/mol. The maximum atomic E-state index is 12.1. The van der Waals surface area contributed by atoms with Gasteiger partial charge >= 0.3 is 5.97 Å². The number of nitrogens with zero attached hydrogens (tertiary/aromatic N) is 1. The van der Waals surface area contributed by atoms with Crippen LogP contribution in [0.5, 0.6) is 0 Å². The summed E-state index contributed by atoms with van der Waals surface area (Å²) >= 11 is 0. The van der Waals surface area contributed by atoms with Crippen LogP contribution in [0.1, 0.15) is 27.8 Å². The summed E-state index contributed by atoms with van der Waals surface area (Å²) in [5.74, 6) is -0.746. The van der Waals surface area contributed by atoms with Crippen LogP contribution < -0.4 is 5.56 Å². The number of hydrogen-bond donors (Lipinski definition) is 1. The first-order valence-corrected chi connectivity index (χ1v) is 5.94. The zero-order valence-corrected chi connectivity index (χ0v) is 11.4. The van der Waals surface area contributed by atoms with Crippen LogP contribution >= 0.6 is 0 Å². The van der Waals surface area contributed by atoms with Crippen molar-refractivity contribution in [2.24, 2.45) is 7.05 Å². The number of hydrogen-bond acceptors (Lipinski definition) is 4. The SMILES string of the molecule is COC(=O)c1[nH]n(C)c(=O)c1-c1cccc(C(C)=O)c1. The molecule has 0 saturated carbocycles. The molecule has 0 radical (unpaired) electrons. The normalized spacial score (nSPS) is 10.3. The van der Waals surface area contributed by atoms with Gasteiger partial charge in [0.1, 0.15) is 0 Å². The summed E-state index contributed by atoms with van der Waals surface area (Å²) in [5.41, 5.74) is 0.885. The minimum absolute atomic E-state index is 0.0701. The van der Waals surface area contributed by atoms with Gasteiger partial charge in [0.25, 0.3) is 5.56 Å². The van der Waals surface area contributed by atoms with Gasteiger partial charge in [-0.1, -0.05) is 18.2 Å². The Morgan fingerprint density at radius 2 is 2.00 bits per heavy atom. The van der Waals surface area contributed by atoms with Gasteiger partial charge < -0.3 is 4.74 Å². The number of esters is 1. The Hall–Kier alpha value is -2.63. The van der Waals surface area contributed by atoms with Gasteiger partial charge in [0, 0.05) is 12.6 Å². The molecule has 2 rings (SSSR count). The van der Waals surface area contributed by atoms with Crippen LogP contribution in [0.2, 0.25) is 0 Å². The molecule has 104 valence electrons. The van der Waals surface area contributed by atoms with Crippen molar-refractivity contribution >= 4 is 11.8 Å². The lowest BCUT2D eigenvalue weighted by molar-refractivity contribution is 0.0594. The molecule has 1 aromatic carbocycles. The fourth-order valence-electron chi connectivity index (χ4n) is 1.96. The number of nitrogens with one attached hydrogen (secondary N) is 1. The Balaban J connectivity index is 2.69. The summed E-state index contributed by atoms with van der Waals surface area (Å²) in [6.07, 6.45) is 0. The molecule has 0 aliphatic rings. The number of aromatic nitrogens is 2. The monoisotopic (exact) mass is 274 g/mol. The third-order valence-electron chi connectivity index (χ3n) is 3.00. The van der Waals surface area contributed by atoms with Crippen molar-refractivity contribution in [3.8, 4) is 11.1 Å². The number of Topliss-reactive ketones (excluding diaryl/α,β-unsaturated/α-hetero) is 1. The predicted octanol–water partition coefficient (Wildman–Crippen LogP) is 1.37. The van der Waals surface area contributed by atoms with Crippen LogP contribution in [-0.4, -0.2) is 28.6 Å². The van der Waals surface area contributed by atoms with Crippen LogP contribution in [0.4, 0.5) is 0 Å². The van der Waals surface area contributed by atoms with Crippen molar-refractivity contribution < 1.29 is 14.3 Å². The minimum Gasteiger partial charge on any atom is -0.464 e. The third-order valence-corrected chi connectivity index (χ3v) is 3.00. The van der Waals surface area contributed by atoms with Gasteiger partial charge in [-0.3, -0.25) is 19.4 Å². The van der Waals surface area contributed by atoms with E-state index in [0.29, 0.717) is 11.1 Å². The lowest BCUT2D eigenvalue weighted by atomic mass is 10.0. The summed E-state index contributed by atoms with van der Waals surface area (Å²) in [6.45, 7) is 1.44. The highest BCUT2D eigenvalue weighted by Gasteiger charge is 2.21. The maximum Gasteiger partial charge on any atom is 0.356 e. The molecule has 0 saturated heterocycles. The highest BCUT2D eigenvalue weighted by Crippen LogP contribution is 2.21. The summed E-state index contributed by atoms with van der Waals surface area (Å²) in [5, 5.41) is 2.66. The molecule has 20 heavy (non-hydrogen) atoms. The van der Waals surface area contributed by atoms with Gasteiger partial charge in [-0.15, -0.1) is 0 Å². The van der Waals surface area contributed by atoms with E-state index in [9.17, 15) is 14.4 Å². The smallest absolute Gasteiger partial charge is 0.356 e. The van der Waals surface area contributed by atoms with Crippen molar-refractivity contribution in [1.29, 1.82) is 0 Å². The van der Waals surface area contributed by atoms with Crippen LogP contribution in [0.25, 0.3) is 11.1 Å². The first-order valence-electron chi connectivity index (χ1n) is 5.94. The van der Waals surface area contributed by atoms with Crippen molar-refractivity contribution in [2.45, 2.75) is 6.92 Å². The second kappa shape index (κ2) is 5.16. The highest BCUT2D eigenvalue weighted by atomic mass is 16.5. The van der Waals surface area contributed by atoms with Gasteiger partial charge in [0.15, 0.2) is 11.5 Å². The van der Waals surface area contributed by atoms with Crippen LogP contribution in [0, 0.1) is 0 Å². The largest absolute Gasteiger partial charge is 0.464 e. The van der Waals surface area contributed by atoms with Crippen molar-refractivity contribution in [3.63, 3.8) is 0 Å². The van der Waals surface area contributed by atoms with E-state index in [1.165, 1.54) is 25.8 Å². The van der Waals surface area contributed by atoms with E-state index < -0.39 is 5.97 Å². The molecule has 1 N–H and O–H groups in total. The molecule has 1 aromatic heterocycles. The molecule has 2 aromatic rings. The number of rotatable bonds is 3. The highest BCUT2D eigenvalue weighted by molar-refractivity contribution is 5.98. The van der Waals surface area contributed by atoms with Gasteiger partial charge in [-0.05, 0) is 18.6 Å². The molecule has 0 aliphatic carbocycles. The van der Waals surface area contributed by atoms with Gasteiger partial charge in [-0.2, -0.15) is 0 Å². The standard InChI is InChI=1S/C14H14N2O4/c1-8(17)9-5-4-6-10(7-9)11-12(14(19)20-3)15-16(2)13(11)18/h4-7,15H,1-3H3. The number of aromatic amines is 1. The van der Waals surface area contributed by atoms with Crippen LogP contribution in [0.3, 0.4) is 0 Å². The Bertz CT molecular complexity index is 740. The number of methoxy groups -OCH3 is 1. The van der Waals surface area contributed by atoms with E-state index in [1.807, 2.05) is 0 Å². The van der Waals surface area contributed by atoms with Crippen molar-refractivity contribution in [3.05, 3.63) is 45.9 Å². The van der Waals surface area contributed by atoms with Crippen LogP contribution in [-0.2, 0) is 11.8 Å². The van der Waals surface area contributed by atoms with E-state index in [2.05, 4.69) is 9.84 Å². The van der Waals surface area contributed by atoms with Crippen molar-refractivity contribution in [1.82, 2.24) is 9.78 Å². The first-order chi connectivity index (χ1) is 9.45. The number of ketones is 1. The predicted molar refractivity (Wildman–Crippen MR) is 72.8 cm³/mol. The van der Waals surface area contributed by atoms with E-state index in [-0.39, 0.29) is 22.6 Å². The number of carbonyl (C=O) groups is 2. The van der Waals surface area contributed by atoms with E-state index >= 15 is 0 Å². The van der Waals surface area contributed by atoms with Crippen LogP contribution in [0.15, 0.2) is 29.1 Å². The van der Waals surface area contributed by atoms with Crippen molar-refractivity contribution in [2.75, 3.05) is 7.11 Å². The van der Waals surface area contributed by atoms with E-state index in [0.717, 1.165) is 0 Å². The minimum atomic E-state index is -0.633. The average molecular weight is 274 g/mol. The first kappa shape index (κ1) is 13.8. The lowest BCUT2D eigenvalue weighted by Gasteiger charge is -2.02.